The molecule has 78 heavy (non-hydrogen) atoms. The van der Waals surface area contributed by atoms with Gasteiger partial charge in [0, 0.05) is 90.1 Å². The van der Waals surface area contributed by atoms with Crippen LogP contribution in [0.5, 0.6) is 0 Å². The van der Waals surface area contributed by atoms with Gasteiger partial charge in [0.1, 0.15) is 64.7 Å². The van der Waals surface area contributed by atoms with E-state index in [4.69, 9.17) is 42.9 Å². The number of aryl methyl sites for hydroxylation is 2. The zero-order valence-electron chi connectivity index (χ0n) is 42.2. The zero-order chi connectivity index (χ0) is 53.3. The molecule has 18 heteroatoms. The quantitative estimate of drug-likeness (QED) is 0.126. The van der Waals surface area contributed by atoms with E-state index in [0.717, 1.165) is 126 Å². The standard InChI is InChI=1S/C32H27ClFN7O.C28H20ClFN6/c1-19-7-9-22-21(11-13-36-31(22)40-20-8-10-26(34)25(33)15-20)24(19)16-27-23(5-4-12-35-27)29-30-32(38-17-37-29)41(18-39-30)28-6-2-3-14-42-28;1-16-4-6-19-18(8-11-33-28(19)36-17-5-7-23(30)22(29)13-17)21(16)14-25-20(3-2-10-31-25)26-27-24(9-12-32-27)34-15-35-26/h4-5,7-13,15,17-18,28H,2-3,6,14,16H2,1H3,(H,36,40);2-8,10-13,15H,9,14H2,1H3,(H,33,36). The first kappa shape index (κ1) is 50.1. The fourth-order valence-corrected chi connectivity index (χ4v) is 10.6. The number of aromatic nitrogens is 10. The van der Waals surface area contributed by atoms with Crippen LogP contribution in [-0.2, 0) is 24.0 Å². The number of pyridine rings is 4. The highest BCUT2D eigenvalue weighted by Gasteiger charge is 2.24. The number of ether oxygens (including phenoxy) is 1. The van der Waals surface area contributed by atoms with Crippen molar-refractivity contribution in [1.82, 2.24) is 49.4 Å². The second-order valence-corrected chi connectivity index (χ2v) is 19.8. The molecule has 11 aromatic rings. The van der Waals surface area contributed by atoms with Gasteiger partial charge in [-0.25, -0.2) is 43.7 Å². The molecule has 0 amide bonds. The molecule has 7 aromatic heterocycles. The Hall–Kier alpha value is -8.70. The predicted molar refractivity (Wildman–Crippen MR) is 302 cm³/mol. The third-order valence-electron chi connectivity index (χ3n) is 14.2. The monoisotopic (exact) mass is 1070 g/mol. The minimum Gasteiger partial charge on any atom is -0.358 e. The zero-order valence-corrected chi connectivity index (χ0v) is 43.7. The number of nitrogens with one attached hydrogen (secondary N) is 2. The number of imidazole rings is 1. The smallest absolute Gasteiger partial charge is 0.165 e. The van der Waals surface area contributed by atoms with Crippen LogP contribution in [0, 0.1) is 25.5 Å². The lowest BCUT2D eigenvalue weighted by Crippen LogP contribution is -2.17. The Labute approximate surface area is 456 Å². The highest BCUT2D eigenvalue weighted by atomic mass is 35.5. The molecule has 4 aromatic carbocycles. The molecule has 0 spiro atoms. The number of benzene rings is 4. The summed E-state index contributed by atoms with van der Waals surface area (Å²) in [4.78, 5) is 46.1. The first-order valence-electron chi connectivity index (χ1n) is 25.4. The second-order valence-electron chi connectivity index (χ2n) is 19.0. The molecule has 1 atom stereocenters. The molecule has 1 fully saturated rings. The highest BCUT2D eigenvalue weighted by Crippen LogP contribution is 2.38. The molecule has 0 bridgehead atoms. The summed E-state index contributed by atoms with van der Waals surface area (Å²) in [6.07, 6.45) is 18.9. The van der Waals surface area contributed by atoms with Gasteiger partial charge in [-0.2, -0.15) is 0 Å². The van der Waals surface area contributed by atoms with Crippen molar-refractivity contribution in [2.45, 2.75) is 58.6 Å². The molecule has 0 aliphatic carbocycles. The van der Waals surface area contributed by atoms with Gasteiger partial charge in [-0.15, -0.1) is 0 Å². The summed E-state index contributed by atoms with van der Waals surface area (Å²) < 4.78 is 35.4. The van der Waals surface area contributed by atoms with E-state index in [1.807, 2.05) is 59.3 Å². The van der Waals surface area contributed by atoms with Crippen molar-refractivity contribution in [2.75, 3.05) is 17.2 Å². The molecular weight excluding hydrogens is 1030 g/mol. The number of fused-ring (bicyclic) bond motifs is 4. The van der Waals surface area contributed by atoms with E-state index in [1.54, 1.807) is 68.0 Å². The van der Waals surface area contributed by atoms with Crippen molar-refractivity contribution in [3.05, 3.63) is 202 Å². The van der Waals surface area contributed by atoms with Crippen LogP contribution in [0.2, 0.25) is 10.0 Å². The van der Waals surface area contributed by atoms with Gasteiger partial charge in [0.15, 0.2) is 5.65 Å². The van der Waals surface area contributed by atoms with Crippen molar-refractivity contribution < 1.29 is 13.5 Å². The molecule has 13 rings (SSSR count). The highest BCUT2D eigenvalue weighted by molar-refractivity contribution is 6.31. The lowest BCUT2D eigenvalue weighted by molar-refractivity contribution is -0.0298. The van der Waals surface area contributed by atoms with Crippen molar-refractivity contribution in [3.8, 4) is 22.5 Å². The van der Waals surface area contributed by atoms with Crippen LogP contribution in [0.4, 0.5) is 37.5 Å². The number of anilines is 4. The first-order chi connectivity index (χ1) is 38.1. The van der Waals surface area contributed by atoms with Crippen LogP contribution in [-0.4, -0.2) is 62.2 Å². The molecule has 2 N–H and O–H groups in total. The van der Waals surface area contributed by atoms with E-state index in [-0.39, 0.29) is 16.3 Å². The normalized spacial score (nSPS) is 13.9. The number of aliphatic imine (C=N–C) groups is 1. The summed E-state index contributed by atoms with van der Waals surface area (Å²) in [7, 11) is 0. The molecule has 1 unspecified atom stereocenters. The third-order valence-corrected chi connectivity index (χ3v) is 14.7. The van der Waals surface area contributed by atoms with Gasteiger partial charge in [0.2, 0.25) is 0 Å². The molecule has 9 heterocycles. The van der Waals surface area contributed by atoms with Gasteiger partial charge >= 0.3 is 0 Å². The topological polar surface area (TPSA) is 167 Å². The number of hydrogen-bond acceptors (Lipinski definition) is 13. The van der Waals surface area contributed by atoms with E-state index in [2.05, 4.69) is 71.5 Å². The molecule has 2 aliphatic heterocycles. The van der Waals surface area contributed by atoms with E-state index in [0.29, 0.717) is 42.3 Å². The van der Waals surface area contributed by atoms with Gasteiger partial charge in [0.25, 0.3) is 0 Å². The second kappa shape index (κ2) is 21.7. The molecule has 0 radical (unpaired) electrons. The Kier molecular flexibility index (Phi) is 14.0. The molecule has 0 saturated carbocycles. The Morgan fingerprint density at radius 3 is 1.78 bits per heavy atom. The fraction of sp³-hybridized carbons (Fsp3) is 0.167. The average molecular weight is 1080 g/mol. The largest absolute Gasteiger partial charge is 0.358 e. The third kappa shape index (κ3) is 9.96. The number of rotatable bonds is 11. The maximum absolute atomic E-state index is 13.7. The van der Waals surface area contributed by atoms with Crippen LogP contribution in [0.25, 0.3) is 55.2 Å². The van der Waals surface area contributed by atoms with Crippen LogP contribution < -0.4 is 10.6 Å². The van der Waals surface area contributed by atoms with E-state index in [1.165, 1.54) is 12.1 Å². The summed E-state index contributed by atoms with van der Waals surface area (Å²) in [5, 5.41) is 10.7. The summed E-state index contributed by atoms with van der Waals surface area (Å²) in [5.41, 5.74) is 14.3. The predicted octanol–water partition coefficient (Wildman–Crippen LogP) is 14.4. The van der Waals surface area contributed by atoms with Gasteiger partial charge in [-0.05, 0) is 139 Å². The Bertz CT molecular complexity index is 4130. The molecule has 2 aliphatic rings. The van der Waals surface area contributed by atoms with Crippen molar-refractivity contribution in [1.29, 1.82) is 0 Å². The lowest BCUT2D eigenvalue weighted by atomic mass is 9.94. The molecular formula is C60H47Cl2F2N13O. The fourth-order valence-electron chi connectivity index (χ4n) is 10.2. The van der Waals surface area contributed by atoms with Gasteiger partial charge < -0.3 is 15.4 Å². The van der Waals surface area contributed by atoms with E-state index in [9.17, 15) is 8.78 Å². The van der Waals surface area contributed by atoms with Gasteiger partial charge in [0.05, 0.1) is 33.5 Å². The van der Waals surface area contributed by atoms with Crippen LogP contribution in [0.15, 0.2) is 146 Å². The van der Waals surface area contributed by atoms with Crippen molar-refractivity contribution in [3.63, 3.8) is 0 Å². The van der Waals surface area contributed by atoms with Crippen molar-refractivity contribution in [2.24, 2.45) is 4.99 Å². The molecule has 386 valence electrons. The molecule has 1 saturated heterocycles. The number of nitrogens with zero attached hydrogens (tertiary/aromatic N) is 11. The minimum absolute atomic E-state index is 0.0504. The van der Waals surface area contributed by atoms with Gasteiger partial charge in [-0.3, -0.25) is 19.5 Å². The van der Waals surface area contributed by atoms with Crippen LogP contribution >= 0.6 is 23.2 Å². The van der Waals surface area contributed by atoms with Crippen LogP contribution in [0.3, 0.4) is 0 Å². The minimum atomic E-state index is -0.466. The maximum Gasteiger partial charge on any atom is 0.165 e. The average Bonchev–Trinajstić information content (AvgIpc) is 4.17. The lowest BCUT2D eigenvalue weighted by Gasteiger charge is -2.23. The summed E-state index contributed by atoms with van der Waals surface area (Å²) in [5.74, 6) is 0.399. The summed E-state index contributed by atoms with van der Waals surface area (Å²) >= 11 is 12.0. The van der Waals surface area contributed by atoms with E-state index < -0.39 is 11.6 Å². The summed E-state index contributed by atoms with van der Waals surface area (Å²) in [6, 6.07) is 29.2. The maximum atomic E-state index is 13.7. The Morgan fingerprint density at radius 2 is 1.19 bits per heavy atom. The SMILES string of the molecule is Cc1ccc2c(Nc3ccc(F)c(Cl)c3)nccc2c1Cc1ncccc1-c1ncnc2c1N=CC2.Cc1ccc2c(Nc3ccc(F)c(Cl)c3)nccc2c1Cc1ncccc1-c1ncnc2c1ncn2C1CCCCO1. The van der Waals surface area contributed by atoms with E-state index >= 15 is 0 Å². The van der Waals surface area contributed by atoms with Crippen LogP contribution in [0.1, 0.15) is 64.8 Å². The molecule has 14 nitrogen and oxygen atoms in total. The Morgan fingerprint density at radius 1 is 0.603 bits per heavy atom. The summed E-state index contributed by atoms with van der Waals surface area (Å²) in [6.45, 7) is 4.93. The number of halogens is 4. The Balaban J connectivity index is 0.000000158. The number of hydrogen-bond donors (Lipinski definition) is 2. The first-order valence-corrected chi connectivity index (χ1v) is 26.1. The van der Waals surface area contributed by atoms with Crippen molar-refractivity contribution >= 4 is 90.8 Å². The van der Waals surface area contributed by atoms with Gasteiger partial charge in [-0.1, -0.05) is 47.5 Å².